The average Bonchev–Trinajstić information content (AvgIpc) is 2.59. The van der Waals surface area contributed by atoms with Gasteiger partial charge in [-0.15, -0.1) is 0 Å². The van der Waals surface area contributed by atoms with Crippen LogP contribution in [-0.2, 0) is 0 Å². The highest BCUT2D eigenvalue weighted by Gasteiger charge is 2.40. The van der Waals surface area contributed by atoms with Gasteiger partial charge in [0.25, 0.3) is 0 Å². The molecule has 138 valence electrons. The number of hydrogen-bond acceptors (Lipinski definition) is 3. The van der Waals surface area contributed by atoms with Crippen LogP contribution in [0.15, 0.2) is 42.5 Å². The molecule has 0 aromatic heterocycles. The van der Waals surface area contributed by atoms with Crippen LogP contribution in [0.4, 0.5) is 0 Å². The third-order valence-electron chi connectivity index (χ3n) is 5.05. The number of ether oxygens (including phenoxy) is 1. The normalized spacial score (nSPS) is 18.7. The number of carbonyl (C=O) groups excluding carboxylic acids is 1. The molecule has 1 atom stereocenters. The van der Waals surface area contributed by atoms with Crippen LogP contribution in [0.2, 0.25) is 5.02 Å². The second-order valence-corrected chi connectivity index (χ2v) is 8.36. The molecule has 0 radical (unpaired) electrons. The van der Waals surface area contributed by atoms with Crippen molar-refractivity contribution in [1.29, 1.82) is 0 Å². The van der Waals surface area contributed by atoms with E-state index in [2.05, 4.69) is 17.0 Å². The zero-order valence-corrected chi connectivity index (χ0v) is 16.6. The van der Waals surface area contributed by atoms with Crippen LogP contribution >= 0.6 is 11.6 Å². The van der Waals surface area contributed by atoms with E-state index in [1.165, 1.54) is 5.56 Å². The van der Waals surface area contributed by atoms with E-state index >= 15 is 0 Å². The molecule has 0 saturated heterocycles. The van der Waals surface area contributed by atoms with E-state index in [1.54, 1.807) is 0 Å². The van der Waals surface area contributed by atoms with E-state index < -0.39 is 5.41 Å². The van der Waals surface area contributed by atoms with E-state index in [0.717, 1.165) is 34.9 Å². The predicted molar refractivity (Wildman–Crippen MR) is 107 cm³/mol. The largest absolute Gasteiger partial charge is 0.492 e. The Morgan fingerprint density at radius 3 is 2.50 bits per heavy atom. The zero-order valence-electron chi connectivity index (χ0n) is 15.9. The zero-order chi connectivity index (χ0) is 18.9. The first kappa shape index (κ1) is 18.9. The van der Waals surface area contributed by atoms with Gasteiger partial charge in [-0.2, -0.15) is 0 Å². The van der Waals surface area contributed by atoms with Crippen LogP contribution in [0.3, 0.4) is 0 Å². The number of ketones is 1. The van der Waals surface area contributed by atoms with Crippen LogP contribution in [0, 0.1) is 5.41 Å². The topological polar surface area (TPSA) is 29.5 Å². The highest BCUT2D eigenvalue weighted by molar-refractivity contribution is 6.30. The summed E-state index contributed by atoms with van der Waals surface area (Å²) in [7, 11) is 4.03. The number of hydrogen-bond donors (Lipinski definition) is 0. The lowest BCUT2D eigenvalue weighted by atomic mass is 9.66. The van der Waals surface area contributed by atoms with Crippen molar-refractivity contribution in [3.05, 3.63) is 64.2 Å². The lowest BCUT2D eigenvalue weighted by Crippen LogP contribution is -2.33. The van der Waals surface area contributed by atoms with Crippen molar-refractivity contribution in [3.8, 4) is 5.75 Å². The van der Waals surface area contributed by atoms with Crippen molar-refractivity contribution >= 4 is 17.4 Å². The molecule has 0 bridgehead atoms. The summed E-state index contributed by atoms with van der Waals surface area (Å²) in [5.41, 5.74) is 2.65. The highest BCUT2D eigenvalue weighted by atomic mass is 35.5. The molecule has 0 fully saturated rings. The number of nitrogens with zero attached hydrogens (tertiary/aromatic N) is 1. The summed E-state index contributed by atoms with van der Waals surface area (Å²) in [6, 6.07) is 13.9. The van der Waals surface area contributed by atoms with E-state index in [4.69, 9.17) is 16.3 Å². The first-order valence-corrected chi connectivity index (χ1v) is 9.37. The van der Waals surface area contributed by atoms with Crippen molar-refractivity contribution in [2.75, 3.05) is 27.2 Å². The second kappa shape index (κ2) is 7.42. The summed E-state index contributed by atoms with van der Waals surface area (Å²) >= 11 is 6.05. The Morgan fingerprint density at radius 1 is 1.15 bits per heavy atom. The van der Waals surface area contributed by atoms with E-state index in [-0.39, 0.29) is 11.7 Å². The summed E-state index contributed by atoms with van der Waals surface area (Å²) in [6.07, 6.45) is 0.793. The monoisotopic (exact) mass is 371 g/mol. The third kappa shape index (κ3) is 3.94. The number of benzene rings is 2. The first-order chi connectivity index (χ1) is 12.3. The van der Waals surface area contributed by atoms with Gasteiger partial charge in [0.05, 0.1) is 0 Å². The SMILES string of the molecule is CN(C)CCOc1ccc2c(c1)C(=O)C(C)(C)CC2c1ccc(Cl)cc1. The highest BCUT2D eigenvalue weighted by Crippen LogP contribution is 2.46. The van der Waals surface area contributed by atoms with Crippen molar-refractivity contribution in [3.63, 3.8) is 0 Å². The smallest absolute Gasteiger partial charge is 0.168 e. The lowest BCUT2D eigenvalue weighted by molar-refractivity contribution is 0.0801. The molecule has 0 heterocycles. The first-order valence-electron chi connectivity index (χ1n) is 9.00. The molecule has 1 aliphatic carbocycles. The quantitative estimate of drug-likeness (QED) is 0.738. The van der Waals surface area contributed by atoms with Gasteiger partial charge < -0.3 is 9.64 Å². The van der Waals surface area contributed by atoms with Gasteiger partial charge in [0, 0.05) is 28.5 Å². The summed E-state index contributed by atoms with van der Waals surface area (Å²) < 4.78 is 5.84. The fraction of sp³-hybridized carbons (Fsp3) is 0.409. The Hall–Kier alpha value is -1.84. The molecule has 0 amide bonds. The fourth-order valence-electron chi connectivity index (χ4n) is 3.54. The van der Waals surface area contributed by atoms with E-state index in [0.29, 0.717) is 6.61 Å². The number of likely N-dealkylation sites (N-methyl/N-ethyl adjacent to an activating group) is 1. The van der Waals surface area contributed by atoms with Crippen LogP contribution in [-0.4, -0.2) is 37.9 Å². The van der Waals surface area contributed by atoms with Gasteiger partial charge in [0.2, 0.25) is 0 Å². The number of rotatable bonds is 5. The molecule has 4 heteroatoms. The van der Waals surface area contributed by atoms with Crippen LogP contribution in [0.25, 0.3) is 0 Å². The van der Waals surface area contributed by atoms with Gasteiger partial charge >= 0.3 is 0 Å². The van der Waals surface area contributed by atoms with Crippen molar-refractivity contribution in [1.82, 2.24) is 4.90 Å². The van der Waals surface area contributed by atoms with Gasteiger partial charge in [-0.25, -0.2) is 0 Å². The minimum atomic E-state index is -0.403. The molecular formula is C22H26ClNO2. The third-order valence-corrected chi connectivity index (χ3v) is 5.31. The van der Waals surface area contributed by atoms with Gasteiger partial charge in [-0.1, -0.05) is 43.6 Å². The van der Waals surface area contributed by atoms with Crippen molar-refractivity contribution < 1.29 is 9.53 Å². The summed E-state index contributed by atoms with van der Waals surface area (Å²) in [6.45, 7) is 5.50. The van der Waals surface area contributed by atoms with Gasteiger partial charge in [0.15, 0.2) is 5.78 Å². The Bertz CT molecular complexity index is 796. The van der Waals surface area contributed by atoms with E-state index in [1.807, 2.05) is 58.3 Å². The van der Waals surface area contributed by atoms with Gasteiger partial charge in [0.1, 0.15) is 12.4 Å². The summed E-state index contributed by atoms with van der Waals surface area (Å²) in [5, 5.41) is 0.727. The van der Waals surface area contributed by atoms with E-state index in [9.17, 15) is 4.79 Å². The number of carbonyl (C=O) groups is 1. The minimum absolute atomic E-state index is 0.186. The molecule has 3 nitrogen and oxygen atoms in total. The number of Topliss-reactive ketones (excluding diaryl/α,β-unsaturated/α-hetero) is 1. The molecule has 1 aliphatic rings. The maximum absolute atomic E-state index is 13.0. The predicted octanol–water partition coefficient (Wildman–Crippen LogP) is 5.02. The van der Waals surface area contributed by atoms with Crippen LogP contribution in [0.1, 0.15) is 47.7 Å². The minimum Gasteiger partial charge on any atom is -0.492 e. The van der Waals surface area contributed by atoms with Crippen molar-refractivity contribution in [2.24, 2.45) is 5.41 Å². The Labute approximate surface area is 160 Å². The van der Waals surface area contributed by atoms with Gasteiger partial charge in [-0.05, 0) is 55.9 Å². The molecule has 0 spiro atoms. The maximum Gasteiger partial charge on any atom is 0.168 e. The molecule has 2 aromatic rings. The van der Waals surface area contributed by atoms with Gasteiger partial charge in [-0.3, -0.25) is 4.79 Å². The summed E-state index contributed by atoms with van der Waals surface area (Å²) in [5.74, 6) is 1.13. The molecule has 0 aliphatic heterocycles. The fourth-order valence-corrected chi connectivity index (χ4v) is 3.67. The lowest BCUT2D eigenvalue weighted by Gasteiger charge is -2.36. The number of halogens is 1. The molecule has 3 rings (SSSR count). The molecule has 0 N–H and O–H groups in total. The van der Waals surface area contributed by atoms with Crippen LogP contribution in [0.5, 0.6) is 5.75 Å². The van der Waals surface area contributed by atoms with Crippen LogP contribution < -0.4 is 4.74 Å². The van der Waals surface area contributed by atoms with Crippen molar-refractivity contribution in [2.45, 2.75) is 26.2 Å². The molecule has 2 aromatic carbocycles. The maximum atomic E-state index is 13.0. The summed E-state index contributed by atoms with van der Waals surface area (Å²) in [4.78, 5) is 15.1. The Kier molecular flexibility index (Phi) is 5.40. The number of fused-ring (bicyclic) bond motifs is 1. The molecule has 26 heavy (non-hydrogen) atoms. The second-order valence-electron chi connectivity index (χ2n) is 7.92. The standard InChI is InChI=1S/C22H26ClNO2/c1-22(2)14-20(15-5-7-16(23)8-6-15)18-10-9-17(13-19(18)21(22)25)26-12-11-24(3)4/h5-10,13,20H,11-12,14H2,1-4H3. The Balaban J connectivity index is 1.95. The Morgan fingerprint density at radius 2 is 1.85 bits per heavy atom. The average molecular weight is 372 g/mol. The molecule has 0 saturated carbocycles. The molecule has 1 unspecified atom stereocenters. The molecular weight excluding hydrogens is 346 g/mol.